The molecule has 114 valence electrons. The van der Waals surface area contributed by atoms with E-state index in [-0.39, 0.29) is 5.91 Å². The number of aromatic nitrogens is 1. The van der Waals surface area contributed by atoms with Crippen LogP contribution >= 0.6 is 15.9 Å². The van der Waals surface area contributed by atoms with Gasteiger partial charge in [0.05, 0.1) is 0 Å². The average molecular weight is 352 g/mol. The van der Waals surface area contributed by atoms with Crippen molar-refractivity contribution in [1.82, 2.24) is 14.8 Å². The molecule has 0 spiro atoms. The molecule has 3 rings (SSSR count). The van der Waals surface area contributed by atoms with Crippen LogP contribution in [-0.4, -0.2) is 52.9 Å². The zero-order chi connectivity index (χ0) is 14.7. The number of amides is 1. The molecule has 2 saturated heterocycles. The van der Waals surface area contributed by atoms with Gasteiger partial charge in [0.2, 0.25) is 0 Å². The molecular weight excluding hydrogens is 330 g/mol. The van der Waals surface area contributed by atoms with Crippen LogP contribution in [0.25, 0.3) is 0 Å². The molecule has 21 heavy (non-hydrogen) atoms. The largest absolute Gasteiger partial charge is 0.337 e. The molecule has 1 amide bonds. The Kier molecular flexibility index (Phi) is 4.91. The molecule has 0 bridgehead atoms. The summed E-state index contributed by atoms with van der Waals surface area (Å²) >= 11 is 3.42. The molecule has 0 unspecified atom stereocenters. The summed E-state index contributed by atoms with van der Waals surface area (Å²) in [6.45, 7) is 4.18. The number of carbonyl (C=O) groups is 1. The van der Waals surface area contributed by atoms with E-state index in [0.29, 0.717) is 11.7 Å². The van der Waals surface area contributed by atoms with Gasteiger partial charge in [-0.25, -0.2) is 4.98 Å². The van der Waals surface area contributed by atoms with Crippen LogP contribution in [0.3, 0.4) is 0 Å². The molecular formula is C16H22BrN3O. The maximum atomic E-state index is 12.5. The maximum Gasteiger partial charge on any atom is 0.273 e. The predicted octanol–water partition coefficient (Wildman–Crippen LogP) is 2.93. The number of halogens is 1. The topological polar surface area (TPSA) is 36.4 Å². The number of likely N-dealkylation sites (tertiary alicyclic amines) is 2. The Balaban J connectivity index is 1.58. The second kappa shape index (κ2) is 6.88. The second-order valence-corrected chi connectivity index (χ2v) is 6.81. The highest BCUT2D eigenvalue weighted by molar-refractivity contribution is 9.10. The van der Waals surface area contributed by atoms with E-state index >= 15 is 0 Å². The third-order valence-corrected chi connectivity index (χ3v) is 5.26. The Labute approximate surface area is 134 Å². The number of nitrogens with zero attached hydrogens (tertiary/aromatic N) is 3. The SMILES string of the molecule is O=C(c1ncccc1Br)N1CCC(N2CCCCC2)CC1. The van der Waals surface area contributed by atoms with Gasteiger partial charge >= 0.3 is 0 Å². The molecule has 2 aliphatic heterocycles. The summed E-state index contributed by atoms with van der Waals surface area (Å²) in [7, 11) is 0. The van der Waals surface area contributed by atoms with Gasteiger partial charge in [-0.2, -0.15) is 0 Å². The fraction of sp³-hybridized carbons (Fsp3) is 0.625. The molecule has 2 aliphatic rings. The van der Waals surface area contributed by atoms with E-state index in [0.717, 1.165) is 30.4 Å². The molecule has 1 aromatic heterocycles. The zero-order valence-electron chi connectivity index (χ0n) is 12.3. The standard InChI is InChI=1S/C16H22BrN3O/c17-14-5-4-8-18-15(14)16(21)20-11-6-13(7-12-20)19-9-2-1-3-10-19/h4-5,8,13H,1-3,6-7,9-12H2. The number of piperidine rings is 2. The molecule has 0 radical (unpaired) electrons. The van der Waals surface area contributed by atoms with E-state index in [2.05, 4.69) is 25.8 Å². The molecule has 0 atom stereocenters. The van der Waals surface area contributed by atoms with Crippen molar-refractivity contribution in [3.05, 3.63) is 28.5 Å². The lowest BCUT2D eigenvalue weighted by Gasteiger charge is -2.40. The highest BCUT2D eigenvalue weighted by atomic mass is 79.9. The number of rotatable bonds is 2. The lowest BCUT2D eigenvalue weighted by atomic mass is 9.99. The summed E-state index contributed by atoms with van der Waals surface area (Å²) in [5, 5.41) is 0. The number of carbonyl (C=O) groups excluding carboxylic acids is 1. The smallest absolute Gasteiger partial charge is 0.273 e. The Hall–Kier alpha value is -0.940. The minimum absolute atomic E-state index is 0.0552. The maximum absolute atomic E-state index is 12.5. The number of hydrogen-bond acceptors (Lipinski definition) is 3. The second-order valence-electron chi connectivity index (χ2n) is 5.95. The van der Waals surface area contributed by atoms with Crippen molar-refractivity contribution in [2.45, 2.75) is 38.1 Å². The van der Waals surface area contributed by atoms with Crippen molar-refractivity contribution in [3.63, 3.8) is 0 Å². The van der Waals surface area contributed by atoms with E-state index < -0.39 is 0 Å². The van der Waals surface area contributed by atoms with E-state index in [1.165, 1.54) is 32.4 Å². The monoisotopic (exact) mass is 351 g/mol. The first-order chi connectivity index (χ1) is 10.3. The minimum atomic E-state index is 0.0552. The van der Waals surface area contributed by atoms with Crippen molar-refractivity contribution in [3.8, 4) is 0 Å². The molecule has 0 saturated carbocycles. The molecule has 5 heteroatoms. The normalized spacial score (nSPS) is 21.5. The van der Waals surface area contributed by atoms with Crippen LogP contribution < -0.4 is 0 Å². The lowest BCUT2D eigenvalue weighted by Crippen LogP contribution is -2.48. The first-order valence-corrected chi connectivity index (χ1v) is 8.69. The Morgan fingerprint density at radius 3 is 2.52 bits per heavy atom. The van der Waals surface area contributed by atoms with Gasteiger partial charge in [0, 0.05) is 29.8 Å². The van der Waals surface area contributed by atoms with E-state index in [1.54, 1.807) is 6.20 Å². The van der Waals surface area contributed by atoms with Gasteiger partial charge in [-0.15, -0.1) is 0 Å². The van der Waals surface area contributed by atoms with Crippen LogP contribution in [0.4, 0.5) is 0 Å². The van der Waals surface area contributed by atoms with Gasteiger partial charge < -0.3 is 9.80 Å². The first kappa shape index (κ1) is 15.0. The molecule has 0 aliphatic carbocycles. The Morgan fingerprint density at radius 1 is 1.14 bits per heavy atom. The van der Waals surface area contributed by atoms with Gasteiger partial charge in [0.1, 0.15) is 5.69 Å². The number of hydrogen-bond donors (Lipinski definition) is 0. The third-order valence-electron chi connectivity index (χ3n) is 4.62. The summed E-state index contributed by atoms with van der Waals surface area (Å²) in [6, 6.07) is 4.38. The van der Waals surface area contributed by atoms with Crippen molar-refractivity contribution in [1.29, 1.82) is 0 Å². The molecule has 2 fully saturated rings. The first-order valence-electron chi connectivity index (χ1n) is 7.89. The molecule has 4 nitrogen and oxygen atoms in total. The van der Waals surface area contributed by atoms with Crippen LogP contribution in [-0.2, 0) is 0 Å². The fourth-order valence-electron chi connectivity index (χ4n) is 3.41. The lowest BCUT2D eigenvalue weighted by molar-refractivity contribution is 0.0584. The van der Waals surface area contributed by atoms with Crippen LogP contribution in [0.1, 0.15) is 42.6 Å². The van der Waals surface area contributed by atoms with Crippen molar-refractivity contribution >= 4 is 21.8 Å². The molecule has 1 aromatic rings. The summed E-state index contributed by atoms with van der Waals surface area (Å²) in [5.41, 5.74) is 0.536. The van der Waals surface area contributed by atoms with Gasteiger partial charge in [-0.05, 0) is 66.8 Å². The summed E-state index contributed by atoms with van der Waals surface area (Å²) in [6.07, 6.45) is 7.91. The fourth-order valence-corrected chi connectivity index (χ4v) is 3.84. The summed E-state index contributed by atoms with van der Waals surface area (Å²) < 4.78 is 0.785. The van der Waals surface area contributed by atoms with Crippen LogP contribution in [0, 0.1) is 0 Å². The van der Waals surface area contributed by atoms with Crippen LogP contribution in [0.2, 0.25) is 0 Å². The number of pyridine rings is 1. The summed E-state index contributed by atoms with van der Waals surface area (Å²) in [5.74, 6) is 0.0552. The zero-order valence-corrected chi connectivity index (χ0v) is 13.9. The van der Waals surface area contributed by atoms with E-state index in [9.17, 15) is 4.79 Å². The van der Waals surface area contributed by atoms with Gasteiger partial charge in [-0.1, -0.05) is 6.42 Å². The Morgan fingerprint density at radius 2 is 1.86 bits per heavy atom. The third kappa shape index (κ3) is 3.46. The molecule has 0 aromatic carbocycles. The predicted molar refractivity (Wildman–Crippen MR) is 86.3 cm³/mol. The van der Waals surface area contributed by atoms with Crippen LogP contribution in [0.5, 0.6) is 0 Å². The van der Waals surface area contributed by atoms with Gasteiger partial charge in [0.15, 0.2) is 0 Å². The van der Waals surface area contributed by atoms with Crippen molar-refractivity contribution in [2.75, 3.05) is 26.2 Å². The van der Waals surface area contributed by atoms with Crippen molar-refractivity contribution in [2.24, 2.45) is 0 Å². The highest BCUT2D eigenvalue weighted by Crippen LogP contribution is 2.23. The quantitative estimate of drug-likeness (QED) is 0.821. The Bertz CT molecular complexity index is 494. The minimum Gasteiger partial charge on any atom is -0.337 e. The van der Waals surface area contributed by atoms with E-state index in [1.807, 2.05) is 17.0 Å². The van der Waals surface area contributed by atoms with Gasteiger partial charge in [0.25, 0.3) is 5.91 Å². The van der Waals surface area contributed by atoms with Crippen molar-refractivity contribution < 1.29 is 4.79 Å². The molecule has 0 N–H and O–H groups in total. The average Bonchev–Trinajstić information content (AvgIpc) is 2.56. The highest BCUT2D eigenvalue weighted by Gasteiger charge is 2.28. The molecule has 3 heterocycles. The van der Waals surface area contributed by atoms with Crippen LogP contribution in [0.15, 0.2) is 22.8 Å². The van der Waals surface area contributed by atoms with Gasteiger partial charge in [-0.3, -0.25) is 4.79 Å². The van der Waals surface area contributed by atoms with E-state index in [4.69, 9.17) is 0 Å². The summed E-state index contributed by atoms with van der Waals surface area (Å²) in [4.78, 5) is 21.3.